The molecular formula is C17H36N4. The number of hydrogen-bond acceptors (Lipinski definition) is 4. The molecule has 4 heteroatoms. The number of piperazine rings is 1. The number of rotatable bonds is 7. The Morgan fingerprint density at radius 2 is 1.67 bits per heavy atom. The molecular weight excluding hydrogens is 260 g/mol. The van der Waals surface area contributed by atoms with E-state index in [0.717, 1.165) is 6.04 Å². The lowest BCUT2D eigenvalue weighted by molar-refractivity contribution is 0.152. The zero-order valence-electron chi connectivity index (χ0n) is 14.3. The maximum Gasteiger partial charge on any atom is 0.0110 e. The fourth-order valence-corrected chi connectivity index (χ4v) is 3.58. The van der Waals surface area contributed by atoms with Crippen LogP contribution in [-0.4, -0.2) is 86.7 Å². The van der Waals surface area contributed by atoms with E-state index >= 15 is 0 Å². The van der Waals surface area contributed by atoms with Crippen LogP contribution in [0.3, 0.4) is 0 Å². The van der Waals surface area contributed by atoms with Crippen LogP contribution in [0, 0.1) is 0 Å². The van der Waals surface area contributed by atoms with Gasteiger partial charge in [0, 0.05) is 32.2 Å². The minimum absolute atomic E-state index is 0.763. The van der Waals surface area contributed by atoms with E-state index in [4.69, 9.17) is 0 Å². The predicted octanol–water partition coefficient (Wildman–Crippen LogP) is 1.48. The molecule has 2 aliphatic heterocycles. The average molecular weight is 297 g/mol. The molecule has 0 aromatic heterocycles. The van der Waals surface area contributed by atoms with Crippen molar-refractivity contribution < 1.29 is 0 Å². The molecule has 2 heterocycles. The molecule has 2 saturated heterocycles. The van der Waals surface area contributed by atoms with Crippen LogP contribution in [0.15, 0.2) is 0 Å². The topological polar surface area (TPSA) is 21.8 Å². The summed E-state index contributed by atoms with van der Waals surface area (Å²) >= 11 is 0. The predicted molar refractivity (Wildman–Crippen MR) is 90.9 cm³/mol. The highest BCUT2D eigenvalue weighted by molar-refractivity contribution is 4.75. The summed E-state index contributed by atoms with van der Waals surface area (Å²) in [6, 6.07) is 0.763. The standard InChI is InChI=1S/C17H36N4/c1-3-9-20-10-4-6-17(7-12-20)18-8-5-11-21-15-13-19(2)14-16-21/h17-18H,3-16H2,1-2H3. The first-order chi connectivity index (χ1) is 10.3. The zero-order valence-corrected chi connectivity index (χ0v) is 14.3. The summed E-state index contributed by atoms with van der Waals surface area (Å²) < 4.78 is 0. The molecule has 0 aliphatic carbocycles. The van der Waals surface area contributed by atoms with Crippen molar-refractivity contribution in [2.45, 2.75) is 45.1 Å². The third-order valence-electron chi connectivity index (χ3n) is 5.04. The first-order valence-corrected chi connectivity index (χ1v) is 9.14. The molecule has 0 aromatic carbocycles. The normalized spacial score (nSPS) is 26.9. The van der Waals surface area contributed by atoms with Crippen LogP contribution in [0.1, 0.15) is 39.0 Å². The van der Waals surface area contributed by atoms with Gasteiger partial charge in [-0.15, -0.1) is 0 Å². The summed E-state index contributed by atoms with van der Waals surface area (Å²) in [5, 5.41) is 3.81. The van der Waals surface area contributed by atoms with Crippen molar-refractivity contribution in [2.24, 2.45) is 0 Å². The second kappa shape index (κ2) is 9.78. The molecule has 4 nitrogen and oxygen atoms in total. The van der Waals surface area contributed by atoms with Gasteiger partial charge >= 0.3 is 0 Å². The van der Waals surface area contributed by atoms with Crippen LogP contribution >= 0.6 is 0 Å². The molecule has 1 atom stereocenters. The molecule has 2 fully saturated rings. The van der Waals surface area contributed by atoms with E-state index in [-0.39, 0.29) is 0 Å². The molecule has 21 heavy (non-hydrogen) atoms. The molecule has 124 valence electrons. The Morgan fingerprint density at radius 1 is 0.905 bits per heavy atom. The van der Waals surface area contributed by atoms with Crippen molar-refractivity contribution in [2.75, 3.05) is 66.0 Å². The second-order valence-corrected chi connectivity index (χ2v) is 6.92. The Hall–Kier alpha value is -0.160. The van der Waals surface area contributed by atoms with Gasteiger partial charge in [0.15, 0.2) is 0 Å². The fraction of sp³-hybridized carbons (Fsp3) is 1.00. The number of likely N-dealkylation sites (N-methyl/N-ethyl adjacent to an activating group) is 1. The summed E-state index contributed by atoms with van der Waals surface area (Å²) in [5.41, 5.74) is 0. The third kappa shape index (κ3) is 6.64. The summed E-state index contributed by atoms with van der Waals surface area (Å²) in [6.07, 6.45) is 6.68. The Labute approximate surface area is 131 Å². The van der Waals surface area contributed by atoms with Gasteiger partial charge in [0.1, 0.15) is 0 Å². The van der Waals surface area contributed by atoms with E-state index in [1.807, 2.05) is 0 Å². The van der Waals surface area contributed by atoms with Crippen molar-refractivity contribution in [1.82, 2.24) is 20.0 Å². The van der Waals surface area contributed by atoms with Gasteiger partial charge in [-0.1, -0.05) is 6.92 Å². The van der Waals surface area contributed by atoms with Crippen LogP contribution in [0.5, 0.6) is 0 Å². The molecule has 0 aromatic rings. The van der Waals surface area contributed by atoms with Crippen molar-refractivity contribution in [3.05, 3.63) is 0 Å². The Morgan fingerprint density at radius 3 is 2.43 bits per heavy atom. The largest absolute Gasteiger partial charge is 0.314 e. The lowest BCUT2D eigenvalue weighted by Gasteiger charge is -2.32. The van der Waals surface area contributed by atoms with E-state index in [0.29, 0.717) is 0 Å². The monoisotopic (exact) mass is 296 g/mol. The highest BCUT2D eigenvalue weighted by Gasteiger charge is 2.16. The summed E-state index contributed by atoms with van der Waals surface area (Å²) in [5.74, 6) is 0. The molecule has 2 aliphatic rings. The highest BCUT2D eigenvalue weighted by Crippen LogP contribution is 2.11. The quantitative estimate of drug-likeness (QED) is 0.718. The van der Waals surface area contributed by atoms with Gasteiger partial charge in [0.05, 0.1) is 0 Å². The number of nitrogens with zero attached hydrogens (tertiary/aromatic N) is 3. The third-order valence-corrected chi connectivity index (χ3v) is 5.04. The first kappa shape index (κ1) is 17.2. The number of likely N-dealkylation sites (tertiary alicyclic amines) is 1. The lowest BCUT2D eigenvalue weighted by atomic mass is 10.1. The maximum absolute atomic E-state index is 3.81. The van der Waals surface area contributed by atoms with Gasteiger partial charge in [-0.2, -0.15) is 0 Å². The van der Waals surface area contributed by atoms with Crippen LogP contribution in [-0.2, 0) is 0 Å². The van der Waals surface area contributed by atoms with E-state index in [1.165, 1.54) is 91.0 Å². The van der Waals surface area contributed by atoms with Gasteiger partial charge < -0.3 is 20.0 Å². The van der Waals surface area contributed by atoms with E-state index < -0.39 is 0 Å². The van der Waals surface area contributed by atoms with Gasteiger partial charge in [0.25, 0.3) is 0 Å². The van der Waals surface area contributed by atoms with Gasteiger partial charge in [-0.05, 0) is 71.9 Å². The second-order valence-electron chi connectivity index (χ2n) is 6.92. The zero-order chi connectivity index (χ0) is 14.9. The molecule has 1 N–H and O–H groups in total. The van der Waals surface area contributed by atoms with Crippen LogP contribution in [0.4, 0.5) is 0 Å². The minimum Gasteiger partial charge on any atom is -0.314 e. The molecule has 0 amide bonds. The Kier molecular flexibility index (Phi) is 8.01. The van der Waals surface area contributed by atoms with Crippen molar-refractivity contribution in [3.8, 4) is 0 Å². The van der Waals surface area contributed by atoms with Gasteiger partial charge in [0.2, 0.25) is 0 Å². The van der Waals surface area contributed by atoms with Gasteiger partial charge in [-0.3, -0.25) is 0 Å². The smallest absolute Gasteiger partial charge is 0.0110 e. The molecule has 2 rings (SSSR count). The first-order valence-electron chi connectivity index (χ1n) is 9.14. The Bertz CT molecular complexity index is 264. The maximum atomic E-state index is 3.81. The van der Waals surface area contributed by atoms with E-state index in [2.05, 4.69) is 34.0 Å². The molecule has 0 radical (unpaired) electrons. The van der Waals surface area contributed by atoms with Crippen LogP contribution in [0.25, 0.3) is 0 Å². The van der Waals surface area contributed by atoms with E-state index in [9.17, 15) is 0 Å². The molecule has 0 saturated carbocycles. The summed E-state index contributed by atoms with van der Waals surface area (Å²) in [6.45, 7) is 13.6. The molecule has 1 unspecified atom stereocenters. The van der Waals surface area contributed by atoms with Crippen molar-refractivity contribution >= 4 is 0 Å². The Balaban J connectivity index is 1.52. The average Bonchev–Trinajstić information content (AvgIpc) is 2.71. The van der Waals surface area contributed by atoms with Crippen LogP contribution in [0.2, 0.25) is 0 Å². The van der Waals surface area contributed by atoms with Gasteiger partial charge in [-0.25, -0.2) is 0 Å². The number of nitrogens with one attached hydrogen (secondary N) is 1. The lowest BCUT2D eigenvalue weighted by Crippen LogP contribution is -2.45. The van der Waals surface area contributed by atoms with Crippen molar-refractivity contribution in [1.29, 1.82) is 0 Å². The number of hydrogen-bond donors (Lipinski definition) is 1. The summed E-state index contributed by atoms with van der Waals surface area (Å²) in [7, 11) is 2.23. The summed E-state index contributed by atoms with van der Waals surface area (Å²) in [4.78, 5) is 7.70. The van der Waals surface area contributed by atoms with E-state index in [1.54, 1.807) is 0 Å². The SMILES string of the molecule is CCCN1CCCC(NCCCN2CCN(C)CC2)CC1. The van der Waals surface area contributed by atoms with Crippen molar-refractivity contribution in [3.63, 3.8) is 0 Å². The molecule has 0 spiro atoms. The molecule has 0 bridgehead atoms. The van der Waals surface area contributed by atoms with Crippen LogP contribution < -0.4 is 5.32 Å². The minimum atomic E-state index is 0.763. The highest BCUT2D eigenvalue weighted by atomic mass is 15.2. The fourth-order valence-electron chi connectivity index (χ4n) is 3.58.